The first-order valence-electron chi connectivity index (χ1n) is 8.84. The highest BCUT2D eigenvalue weighted by Crippen LogP contribution is 2.22. The highest BCUT2D eigenvalue weighted by atomic mass is 16.5. The molecule has 5 heteroatoms. The van der Waals surface area contributed by atoms with Gasteiger partial charge in [-0.3, -0.25) is 9.78 Å². The predicted octanol–water partition coefficient (Wildman–Crippen LogP) is 3.00. The summed E-state index contributed by atoms with van der Waals surface area (Å²) in [5.41, 5.74) is 7.62. The maximum atomic E-state index is 12.8. The van der Waals surface area contributed by atoms with Crippen molar-refractivity contribution in [2.75, 3.05) is 6.54 Å². The van der Waals surface area contributed by atoms with Gasteiger partial charge in [-0.2, -0.15) is 0 Å². The molecule has 0 saturated carbocycles. The van der Waals surface area contributed by atoms with Crippen LogP contribution in [0.2, 0.25) is 0 Å². The summed E-state index contributed by atoms with van der Waals surface area (Å²) in [5, 5.41) is 0. The first-order chi connectivity index (χ1) is 12.1. The second kappa shape index (κ2) is 8.12. The molecule has 1 aliphatic rings. The number of rotatable bonds is 5. The number of likely N-dealkylation sites (tertiary alicyclic amines) is 1. The molecule has 25 heavy (non-hydrogen) atoms. The Kier molecular flexibility index (Phi) is 5.66. The number of aromatic nitrogens is 1. The molecule has 2 aromatic rings. The molecule has 1 saturated heterocycles. The molecule has 1 aliphatic heterocycles. The number of ether oxygens (including phenoxy) is 1. The van der Waals surface area contributed by atoms with Crippen molar-refractivity contribution < 1.29 is 9.53 Å². The minimum atomic E-state index is -0.00905. The van der Waals surface area contributed by atoms with Gasteiger partial charge in [0.05, 0.1) is 5.69 Å². The van der Waals surface area contributed by atoms with Crippen molar-refractivity contribution >= 4 is 5.91 Å². The monoisotopic (exact) mass is 339 g/mol. The fraction of sp³-hybridized carbons (Fsp3) is 0.400. The Morgan fingerprint density at radius 1 is 1.28 bits per heavy atom. The van der Waals surface area contributed by atoms with Crippen LogP contribution in [0.5, 0.6) is 5.75 Å². The second-order valence-electron chi connectivity index (χ2n) is 6.55. The number of carbonyl (C=O) groups excluding carboxylic acids is 1. The van der Waals surface area contributed by atoms with E-state index in [-0.39, 0.29) is 18.0 Å². The molecule has 3 rings (SSSR count). The van der Waals surface area contributed by atoms with Gasteiger partial charge in [-0.05, 0) is 62.6 Å². The maximum absolute atomic E-state index is 12.8. The lowest BCUT2D eigenvalue weighted by Gasteiger charge is -2.38. The van der Waals surface area contributed by atoms with Crippen molar-refractivity contribution in [3.8, 4) is 5.75 Å². The molecule has 2 heterocycles. The summed E-state index contributed by atoms with van der Waals surface area (Å²) in [4.78, 5) is 19.0. The molecule has 132 valence electrons. The molecule has 1 aromatic carbocycles. The van der Waals surface area contributed by atoms with Gasteiger partial charge in [0, 0.05) is 30.4 Å². The summed E-state index contributed by atoms with van der Waals surface area (Å²) in [7, 11) is 0. The minimum Gasteiger partial charge on any atom is -0.487 e. The molecular formula is C20H25N3O2. The normalized spacial score (nSPS) is 18.6. The number of piperidine rings is 1. The molecule has 0 aliphatic carbocycles. The second-order valence-corrected chi connectivity index (χ2v) is 6.55. The van der Waals surface area contributed by atoms with E-state index in [0.29, 0.717) is 12.2 Å². The topological polar surface area (TPSA) is 68.5 Å². The largest absolute Gasteiger partial charge is 0.487 e. The summed E-state index contributed by atoms with van der Waals surface area (Å²) in [6, 6.07) is 13.2. The van der Waals surface area contributed by atoms with Gasteiger partial charge in [0.15, 0.2) is 0 Å². The average Bonchev–Trinajstić information content (AvgIpc) is 2.67. The zero-order chi connectivity index (χ0) is 17.6. The number of hydrogen-bond acceptors (Lipinski definition) is 4. The lowest BCUT2D eigenvalue weighted by molar-refractivity contribution is 0.0584. The Bertz CT molecular complexity index is 686. The number of hydrogen-bond donors (Lipinski definition) is 1. The Labute approximate surface area is 148 Å². The van der Waals surface area contributed by atoms with Crippen LogP contribution < -0.4 is 10.5 Å². The van der Waals surface area contributed by atoms with Crippen molar-refractivity contribution in [1.29, 1.82) is 0 Å². The summed E-state index contributed by atoms with van der Waals surface area (Å²) in [6.45, 7) is 3.17. The van der Waals surface area contributed by atoms with Crippen molar-refractivity contribution in [2.45, 2.75) is 44.9 Å². The van der Waals surface area contributed by atoms with Gasteiger partial charge in [0.1, 0.15) is 12.4 Å². The van der Waals surface area contributed by atoms with Crippen LogP contribution in [0.15, 0.2) is 48.7 Å². The van der Waals surface area contributed by atoms with Gasteiger partial charge in [0.25, 0.3) is 5.91 Å². The van der Waals surface area contributed by atoms with E-state index in [1.165, 1.54) is 0 Å². The number of nitrogens with zero attached hydrogens (tertiary/aromatic N) is 2. The van der Waals surface area contributed by atoms with Gasteiger partial charge in [-0.25, -0.2) is 0 Å². The zero-order valence-electron chi connectivity index (χ0n) is 14.6. The van der Waals surface area contributed by atoms with E-state index in [4.69, 9.17) is 10.5 Å². The first kappa shape index (κ1) is 17.4. The molecule has 0 radical (unpaired) electrons. The van der Waals surface area contributed by atoms with Crippen molar-refractivity contribution in [1.82, 2.24) is 9.88 Å². The van der Waals surface area contributed by atoms with Crippen LogP contribution in [0.3, 0.4) is 0 Å². The number of nitrogens with two attached hydrogens (primary N) is 1. The highest BCUT2D eigenvalue weighted by molar-refractivity contribution is 5.94. The minimum absolute atomic E-state index is 0.00905. The van der Waals surface area contributed by atoms with Crippen molar-refractivity contribution in [3.05, 3.63) is 59.9 Å². The van der Waals surface area contributed by atoms with E-state index in [1.54, 1.807) is 6.20 Å². The summed E-state index contributed by atoms with van der Waals surface area (Å²) >= 11 is 0. The van der Waals surface area contributed by atoms with Crippen LogP contribution in [0, 0.1) is 0 Å². The first-order valence-corrected chi connectivity index (χ1v) is 8.84. The van der Waals surface area contributed by atoms with E-state index in [9.17, 15) is 4.79 Å². The Hall–Kier alpha value is -2.40. The molecule has 0 bridgehead atoms. The highest BCUT2D eigenvalue weighted by Gasteiger charge is 2.29. The van der Waals surface area contributed by atoms with Gasteiger partial charge in [0.2, 0.25) is 0 Å². The fourth-order valence-corrected chi connectivity index (χ4v) is 3.26. The van der Waals surface area contributed by atoms with Crippen molar-refractivity contribution in [3.63, 3.8) is 0 Å². The van der Waals surface area contributed by atoms with Crippen LogP contribution in [-0.4, -0.2) is 34.4 Å². The van der Waals surface area contributed by atoms with Crippen molar-refractivity contribution in [2.24, 2.45) is 5.73 Å². The van der Waals surface area contributed by atoms with Gasteiger partial charge >= 0.3 is 0 Å². The third-order valence-corrected chi connectivity index (χ3v) is 4.63. The quantitative estimate of drug-likeness (QED) is 0.909. The average molecular weight is 339 g/mol. The molecule has 1 aromatic heterocycles. The molecule has 1 amide bonds. The lowest BCUT2D eigenvalue weighted by atomic mass is 9.96. The predicted molar refractivity (Wildman–Crippen MR) is 97.3 cm³/mol. The van der Waals surface area contributed by atoms with Crippen LogP contribution in [0.1, 0.15) is 42.2 Å². The number of pyridine rings is 1. The Morgan fingerprint density at radius 2 is 2.08 bits per heavy atom. The molecule has 5 nitrogen and oxygen atoms in total. The molecule has 0 spiro atoms. The molecule has 2 atom stereocenters. The van der Waals surface area contributed by atoms with E-state index >= 15 is 0 Å². The summed E-state index contributed by atoms with van der Waals surface area (Å²) < 4.78 is 5.72. The van der Waals surface area contributed by atoms with Crippen LogP contribution >= 0.6 is 0 Å². The lowest BCUT2D eigenvalue weighted by Crippen LogP contribution is -2.51. The van der Waals surface area contributed by atoms with Crippen LogP contribution in [0.4, 0.5) is 0 Å². The van der Waals surface area contributed by atoms with Gasteiger partial charge in [-0.1, -0.05) is 6.07 Å². The zero-order valence-corrected chi connectivity index (χ0v) is 14.6. The number of benzene rings is 1. The number of carbonyl (C=O) groups is 1. The van der Waals surface area contributed by atoms with E-state index in [0.717, 1.165) is 37.3 Å². The fourth-order valence-electron chi connectivity index (χ4n) is 3.26. The Balaban J connectivity index is 1.64. The third kappa shape index (κ3) is 4.37. The van der Waals surface area contributed by atoms with Crippen LogP contribution in [-0.2, 0) is 6.61 Å². The standard InChI is InChI=1S/C20H25N3O2/c1-15(21)19-7-3-5-13-23(19)20(24)16-8-10-18(11-9-16)25-14-17-6-2-4-12-22-17/h2,4,6,8-12,15,19H,3,5,7,13-14,21H2,1H3/t15-,19+/m1/s1. The van der Waals surface area contributed by atoms with E-state index in [1.807, 2.05) is 54.3 Å². The van der Waals surface area contributed by atoms with Gasteiger partial charge in [-0.15, -0.1) is 0 Å². The summed E-state index contributed by atoms with van der Waals surface area (Å²) in [5.74, 6) is 0.780. The van der Waals surface area contributed by atoms with E-state index < -0.39 is 0 Å². The number of amides is 1. The SMILES string of the molecule is C[C@@H](N)[C@@H]1CCCCN1C(=O)c1ccc(OCc2ccccn2)cc1. The maximum Gasteiger partial charge on any atom is 0.254 e. The summed E-state index contributed by atoms with van der Waals surface area (Å²) in [6.07, 6.45) is 4.90. The van der Waals surface area contributed by atoms with Gasteiger partial charge < -0.3 is 15.4 Å². The molecule has 0 unspecified atom stereocenters. The third-order valence-electron chi connectivity index (χ3n) is 4.63. The Morgan fingerprint density at radius 3 is 2.76 bits per heavy atom. The van der Waals surface area contributed by atoms with Crippen LogP contribution in [0.25, 0.3) is 0 Å². The molecular weight excluding hydrogens is 314 g/mol. The smallest absolute Gasteiger partial charge is 0.254 e. The molecule has 1 fully saturated rings. The van der Waals surface area contributed by atoms with E-state index in [2.05, 4.69) is 4.98 Å². The molecule has 2 N–H and O–H groups in total.